The molecule has 0 spiro atoms. The molecular weight excluding hydrogens is 206 g/mol. The fourth-order valence-corrected chi connectivity index (χ4v) is 1.58. The summed E-state index contributed by atoms with van der Waals surface area (Å²) >= 11 is 1.20. The van der Waals surface area contributed by atoms with E-state index in [1.807, 2.05) is 0 Å². The molecule has 1 heterocycles. The molecule has 5 nitrogen and oxygen atoms in total. The van der Waals surface area contributed by atoms with E-state index >= 15 is 0 Å². The molecule has 1 aromatic heterocycles. The van der Waals surface area contributed by atoms with Gasteiger partial charge in [-0.2, -0.15) is 0 Å². The van der Waals surface area contributed by atoms with Crippen LogP contribution < -0.4 is 4.74 Å². The summed E-state index contributed by atoms with van der Waals surface area (Å²) in [6, 6.07) is 0. The Labute approximate surface area is 85.3 Å². The van der Waals surface area contributed by atoms with Crippen LogP contribution in [0.4, 0.5) is 0 Å². The van der Waals surface area contributed by atoms with Gasteiger partial charge in [0.05, 0.1) is 25.5 Å². The van der Waals surface area contributed by atoms with Gasteiger partial charge in [-0.15, -0.1) is 0 Å². The number of nitrogens with zero attached hydrogens (tertiary/aromatic N) is 1. The second-order valence-corrected chi connectivity index (χ2v) is 3.55. The summed E-state index contributed by atoms with van der Waals surface area (Å²) < 4.78 is 9.29. The lowest BCUT2D eigenvalue weighted by Crippen LogP contribution is -2.06. The highest BCUT2D eigenvalue weighted by molar-refractivity contribution is 7.13. The number of methoxy groups -OCH3 is 2. The Morgan fingerprint density at radius 1 is 1.71 bits per heavy atom. The minimum absolute atomic E-state index is 0.0676. The summed E-state index contributed by atoms with van der Waals surface area (Å²) in [5, 5.41) is 10.0. The monoisotopic (exact) mass is 217 g/mol. The Balaban J connectivity index is 2.60. The third-order valence-corrected chi connectivity index (χ3v) is 2.65. The maximum atomic E-state index is 10.8. The van der Waals surface area contributed by atoms with Gasteiger partial charge >= 0.3 is 5.97 Å². The van der Waals surface area contributed by atoms with Crippen molar-refractivity contribution in [2.75, 3.05) is 14.2 Å². The molecule has 0 bridgehead atoms. The number of hydrogen-bond acceptors (Lipinski definition) is 6. The average molecular weight is 217 g/mol. The normalized spacial score (nSPS) is 12.2. The van der Waals surface area contributed by atoms with E-state index in [1.165, 1.54) is 31.8 Å². The molecule has 14 heavy (non-hydrogen) atoms. The van der Waals surface area contributed by atoms with Gasteiger partial charge in [0.1, 0.15) is 6.10 Å². The second-order valence-electron chi connectivity index (χ2n) is 2.53. The highest BCUT2D eigenvalue weighted by atomic mass is 32.1. The van der Waals surface area contributed by atoms with Gasteiger partial charge in [-0.25, -0.2) is 4.98 Å². The first-order chi connectivity index (χ1) is 6.67. The van der Waals surface area contributed by atoms with Gasteiger partial charge in [0.2, 0.25) is 0 Å². The van der Waals surface area contributed by atoms with Gasteiger partial charge in [-0.05, 0) is 0 Å². The van der Waals surface area contributed by atoms with E-state index in [-0.39, 0.29) is 6.42 Å². The minimum Gasteiger partial charge on any atom is -0.473 e. The molecule has 0 aliphatic rings. The number of thiazole rings is 1. The number of aliphatic hydroxyl groups excluding tert-OH is 1. The van der Waals surface area contributed by atoms with Crippen molar-refractivity contribution < 1.29 is 19.4 Å². The predicted molar refractivity (Wildman–Crippen MR) is 50.3 cm³/mol. The van der Waals surface area contributed by atoms with Crippen LogP contribution in [0.25, 0.3) is 0 Å². The molecule has 1 atom stereocenters. The van der Waals surface area contributed by atoms with Gasteiger partial charge in [0.15, 0.2) is 0 Å². The Bertz CT molecular complexity index is 312. The van der Waals surface area contributed by atoms with Gasteiger partial charge in [0.25, 0.3) is 5.19 Å². The Morgan fingerprint density at radius 2 is 2.43 bits per heavy atom. The minimum atomic E-state index is -0.871. The van der Waals surface area contributed by atoms with Crippen LogP contribution in [-0.4, -0.2) is 30.3 Å². The molecule has 1 aromatic rings. The van der Waals surface area contributed by atoms with Gasteiger partial charge < -0.3 is 14.6 Å². The Morgan fingerprint density at radius 3 is 2.93 bits per heavy atom. The van der Waals surface area contributed by atoms with Crippen molar-refractivity contribution in [3.8, 4) is 5.19 Å². The van der Waals surface area contributed by atoms with E-state index in [0.717, 1.165) is 0 Å². The summed E-state index contributed by atoms with van der Waals surface area (Å²) in [6.07, 6.45) is 0.544. The lowest BCUT2D eigenvalue weighted by molar-refractivity contribution is -0.142. The Hall–Kier alpha value is -1.14. The number of carbonyl (C=O) groups is 1. The smallest absolute Gasteiger partial charge is 0.308 e. The van der Waals surface area contributed by atoms with Crippen molar-refractivity contribution in [1.82, 2.24) is 4.98 Å². The number of aromatic nitrogens is 1. The third kappa shape index (κ3) is 2.68. The van der Waals surface area contributed by atoms with Crippen LogP contribution >= 0.6 is 11.3 Å². The van der Waals surface area contributed by atoms with Crippen LogP contribution in [0.5, 0.6) is 5.19 Å². The molecule has 0 aromatic carbocycles. The molecular formula is C8H11NO4S. The molecule has 0 radical (unpaired) electrons. The fourth-order valence-electron chi connectivity index (χ4n) is 0.860. The molecule has 0 amide bonds. The maximum Gasteiger partial charge on any atom is 0.308 e. The number of esters is 1. The molecule has 0 saturated carbocycles. The van der Waals surface area contributed by atoms with Crippen LogP contribution in [0, 0.1) is 0 Å². The van der Waals surface area contributed by atoms with E-state index in [1.54, 1.807) is 0 Å². The topological polar surface area (TPSA) is 68.7 Å². The first-order valence-electron chi connectivity index (χ1n) is 3.92. The first-order valence-corrected chi connectivity index (χ1v) is 4.73. The summed E-state index contributed by atoms with van der Waals surface area (Å²) in [6.45, 7) is 0. The quantitative estimate of drug-likeness (QED) is 0.754. The number of aliphatic hydroxyl groups is 1. The molecule has 0 saturated heterocycles. The maximum absolute atomic E-state index is 10.8. The van der Waals surface area contributed by atoms with Gasteiger partial charge in [-0.1, -0.05) is 11.3 Å². The Kier molecular flexibility index (Phi) is 3.84. The van der Waals surface area contributed by atoms with Crippen LogP contribution in [0.1, 0.15) is 17.4 Å². The summed E-state index contributed by atoms with van der Waals surface area (Å²) in [7, 11) is 2.78. The molecule has 1 N–H and O–H groups in total. The van der Waals surface area contributed by atoms with Crippen molar-refractivity contribution in [2.45, 2.75) is 12.5 Å². The fraction of sp³-hybridized carbons (Fsp3) is 0.500. The van der Waals surface area contributed by atoms with Crippen LogP contribution in [0.15, 0.2) is 6.20 Å². The molecule has 78 valence electrons. The zero-order chi connectivity index (χ0) is 10.6. The number of rotatable bonds is 4. The average Bonchev–Trinajstić information content (AvgIpc) is 2.65. The van der Waals surface area contributed by atoms with E-state index in [0.29, 0.717) is 10.1 Å². The van der Waals surface area contributed by atoms with Crippen molar-refractivity contribution in [2.24, 2.45) is 0 Å². The standard InChI is InChI=1S/C8H11NO4S/c1-12-7(11)3-5(10)6-4-9-8(13-2)14-6/h4-5,10H,3H2,1-2H3/t5-/m0/s1. The van der Waals surface area contributed by atoms with Crippen molar-refractivity contribution in [3.05, 3.63) is 11.1 Å². The van der Waals surface area contributed by atoms with E-state index in [9.17, 15) is 9.90 Å². The van der Waals surface area contributed by atoms with Gasteiger partial charge in [-0.3, -0.25) is 4.79 Å². The second kappa shape index (κ2) is 4.92. The van der Waals surface area contributed by atoms with Crippen molar-refractivity contribution >= 4 is 17.3 Å². The predicted octanol–water partition coefficient (Wildman–Crippen LogP) is 0.748. The molecule has 0 fully saturated rings. The third-order valence-electron chi connectivity index (χ3n) is 1.59. The van der Waals surface area contributed by atoms with Crippen LogP contribution in [-0.2, 0) is 9.53 Å². The van der Waals surface area contributed by atoms with Crippen LogP contribution in [0.2, 0.25) is 0 Å². The summed E-state index contributed by atoms with van der Waals surface area (Å²) in [5.74, 6) is -0.454. The van der Waals surface area contributed by atoms with E-state index in [2.05, 4.69) is 9.72 Å². The summed E-state index contributed by atoms with van der Waals surface area (Å²) in [5.41, 5.74) is 0. The van der Waals surface area contributed by atoms with Crippen molar-refractivity contribution in [1.29, 1.82) is 0 Å². The SMILES string of the molecule is COC(=O)C[C@H](O)c1cnc(OC)s1. The number of carbonyl (C=O) groups excluding carboxylic acids is 1. The van der Waals surface area contributed by atoms with Crippen LogP contribution in [0.3, 0.4) is 0 Å². The largest absolute Gasteiger partial charge is 0.473 e. The highest BCUT2D eigenvalue weighted by Crippen LogP contribution is 2.27. The van der Waals surface area contributed by atoms with Gasteiger partial charge in [0, 0.05) is 6.20 Å². The zero-order valence-corrected chi connectivity index (χ0v) is 8.71. The lowest BCUT2D eigenvalue weighted by Gasteiger charge is -2.04. The van der Waals surface area contributed by atoms with Crippen molar-refractivity contribution in [3.63, 3.8) is 0 Å². The zero-order valence-electron chi connectivity index (χ0n) is 7.89. The molecule has 1 rings (SSSR count). The molecule has 0 unspecified atom stereocenters. The summed E-state index contributed by atoms with van der Waals surface area (Å²) in [4.78, 5) is 15.3. The molecule has 6 heteroatoms. The molecule has 0 aliphatic heterocycles. The highest BCUT2D eigenvalue weighted by Gasteiger charge is 2.16. The number of ether oxygens (including phenoxy) is 2. The first kappa shape index (κ1) is 10.9. The lowest BCUT2D eigenvalue weighted by atomic mass is 10.2. The number of hydrogen-bond donors (Lipinski definition) is 1. The van der Waals surface area contributed by atoms with E-state index in [4.69, 9.17) is 4.74 Å². The molecule has 0 aliphatic carbocycles. The van der Waals surface area contributed by atoms with E-state index < -0.39 is 12.1 Å².